The number of benzene rings is 3. The van der Waals surface area contributed by atoms with E-state index in [1.54, 1.807) is 12.1 Å². The van der Waals surface area contributed by atoms with Gasteiger partial charge in [-0.1, -0.05) is 49.0 Å². The molecule has 3 aromatic carbocycles. The van der Waals surface area contributed by atoms with Crippen LogP contribution in [0.3, 0.4) is 0 Å². The highest BCUT2D eigenvalue weighted by Crippen LogP contribution is 2.41. The third-order valence-electron chi connectivity index (χ3n) is 5.24. The van der Waals surface area contributed by atoms with E-state index in [-0.39, 0.29) is 11.8 Å². The lowest BCUT2D eigenvalue weighted by Gasteiger charge is -2.18. The van der Waals surface area contributed by atoms with Gasteiger partial charge in [0.2, 0.25) is 0 Å². The van der Waals surface area contributed by atoms with E-state index in [2.05, 4.69) is 6.92 Å². The van der Waals surface area contributed by atoms with E-state index in [0.717, 1.165) is 22.8 Å². The Bertz CT molecular complexity index is 1170. The summed E-state index contributed by atoms with van der Waals surface area (Å²) in [6, 6.07) is 24.4. The Labute approximate surface area is 198 Å². The van der Waals surface area contributed by atoms with Gasteiger partial charge in [-0.25, -0.2) is 4.90 Å². The molecule has 1 aliphatic rings. The van der Waals surface area contributed by atoms with Gasteiger partial charge in [0, 0.05) is 24.7 Å². The van der Waals surface area contributed by atoms with Crippen molar-refractivity contribution in [1.29, 1.82) is 0 Å². The molecule has 4 rings (SSSR count). The zero-order valence-electron chi connectivity index (χ0n) is 18.9. The first-order chi connectivity index (χ1) is 16.0. The van der Waals surface area contributed by atoms with Crippen molar-refractivity contribution in [3.8, 4) is 5.75 Å². The van der Waals surface area contributed by atoms with E-state index >= 15 is 0 Å². The number of thioether (sulfide) groups is 1. The predicted octanol–water partition coefficient (Wildman–Crippen LogP) is 5.62. The average Bonchev–Trinajstić information content (AvgIpc) is 3.08. The number of nitrogens with zero attached hydrogens (tertiary/aromatic N) is 2. The molecule has 168 valence electrons. The summed E-state index contributed by atoms with van der Waals surface area (Å²) in [5.74, 6) is 0.109. The lowest BCUT2D eigenvalue weighted by atomic mass is 10.1. The molecule has 0 unspecified atom stereocenters. The Morgan fingerprint density at radius 2 is 1.52 bits per heavy atom. The van der Waals surface area contributed by atoms with E-state index in [4.69, 9.17) is 4.74 Å². The van der Waals surface area contributed by atoms with Crippen molar-refractivity contribution in [1.82, 2.24) is 0 Å². The smallest absolute Gasteiger partial charge is 0.272 e. The highest BCUT2D eigenvalue weighted by atomic mass is 32.2. The van der Waals surface area contributed by atoms with Gasteiger partial charge in [0.15, 0.2) is 0 Å². The molecule has 6 heteroatoms. The van der Waals surface area contributed by atoms with Gasteiger partial charge in [0.25, 0.3) is 11.8 Å². The number of ether oxygens (including phenoxy) is 1. The largest absolute Gasteiger partial charge is 0.494 e. The molecule has 0 bridgehead atoms. The van der Waals surface area contributed by atoms with Crippen molar-refractivity contribution in [2.45, 2.75) is 18.2 Å². The molecule has 0 saturated heterocycles. The molecule has 5 nitrogen and oxygen atoms in total. The molecule has 0 N–H and O–H groups in total. The number of rotatable bonds is 8. The van der Waals surface area contributed by atoms with Crippen molar-refractivity contribution in [3.05, 3.63) is 89.3 Å². The van der Waals surface area contributed by atoms with Gasteiger partial charge in [-0.3, -0.25) is 9.59 Å². The number of anilines is 2. The first-order valence-electron chi connectivity index (χ1n) is 10.9. The first kappa shape index (κ1) is 22.7. The fraction of sp³-hybridized carbons (Fsp3) is 0.185. The third kappa shape index (κ3) is 4.81. The SMILES string of the molecule is CCCOc1ccc(C2=C(Sc3ccccc3)C(=O)N(c3ccc(N(C)C)cc3)C2=O)cc1. The number of amides is 2. The van der Waals surface area contributed by atoms with Crippen LogP contribution in [0.15, 0.2) is 88.7 Å². The van der Waals surface area contributed by atoms with Crippen LogP contribution >= 0.6 is 11.8 Å². The molecule has 1 heterocycles. The minimum Gasteiger partial charge on any atom is -0.494 e. The van der Waals surface area contributed by atoms with E-state index in [1.807, 2.05) is 85.7 Å². The molecule has 0 aromatic heterocycles. The quantitative estimate of drug-likeness (QED) is 0.410. The van der Waals surface area contributed by atoms with Crippen LogP contribution in [-0.4, -0.2) is 32.5 Å². The molecule has 1 aliphatic heterocycles. The highest BCUT2D eigenvalue weighted by Gasteiger charge is 2.40. The van der Waals surface area contributed by atoms with Crippen LogP contribution in [0.2, 0.25) is 0 Å². The average molecular weight is 459 g/mol. The number of hydrogen-bond acceptors (Lipinski definition) is 5. The molecule has 0 radical (unpaired) electrons. The molecule has 0 aliphatic carbocycles. The molecular formula is C27H26N2O3S. The van der Waals surface area contributed by atoms with Gasteiger partial charge in [-0.15, -0.1) is 0 Å². The van der Waals surface area contributed by atoms with Crippen LogP contribution in [0, 0.1) is 0 Å². The van der Waals surface area contributed by atoms with Crippen molar-refractivity contribution in [3.63, 3.8) is 0 Å². The third-order valence-corrected chi connectivity index (χ3v) is 6.34. The van der Waals surface area contributed by atoms with Crippen LogP contribution < -0.4 is 14.5 Å². The lowest BCUT2D eigenvalue weighted by Crippen LogP contribution is -2.31. The zero-order valence-corrected chi connectivity index (χ0v) is 19.8. The topological polar surface area (TPSA) is 49.9 Å². The van der Waals surface area contributed by atoms with Crippen LogP contribution in [0.25, 0.3) is 5.57 Å². The fourth-order valence-electron chi connectivity index (χ4n) is 3.54. The molecule has 3 aromatic rings. The van der Waals surface area contributed by atoms with Crippen molar-refractivity contribution in [2.75, 3.05) is 30.5 Å². The zero-order chi connectivity index (χ0) is 23.4. The second kappa shape index (κ2) is 9.96. The van der Waals surface area contributed by atoms with Gasteiger partial charge in [0.05, 0.1) is 22.8 Å². The van der Waals surface area contributed by atoms with Crippen LogP contribution in [0.4, 0.5) is 11.4 Å². The number of carbonyl (C=O) groups is 2. The minimum absolute atomic E-state index is 0.312. The Kier molecular flexibility index (Phi) is 6.84. The molecule has 0 saturated carbocycles. The molecular weight excluding hydrogens is 432 g/mol. The molecule has 0 atom stereocenters. The summed E-state index contributed by atoms with van der Waals surface area (Å²) >= 11 is 1.32. The summed E-state index contributed by atoms with van der Waals surface area (Å²) in [6.45, 7) is 2.68. The Balaban J connectivity index is 1.73. The second-order valence-electron chi connectivity index (χ2n) is 7.85. The van der Waals surface area contributed by atoms with Gasteiger partial charge in [0.1, 0.15) is 5.75 Å². The fourth-order valence-corrected chi connectivity index (χ4v) is 4.55. The van der Waals surface area contributed by atoms with Gasteiger partial charge < -0.3 is 9.64 Å². The van der Waals surface area contributed by atoms with Crippen LogP contribution in [0.1, 0.15) is 18.9 Å². The maximum atomic E-state index is 13.6. The van der Waals surface area contributed by atoms with Gasteiger partial charge >= 0.3 is 0 Å². The molecule has 33 heavy (non-hydrogen) atoms. The number of carbonyl (C=O) groups excluding carboxylic acids is 2. The predicted molar refractivity (Wildman–Crippen MR) is 135 cm³/mol. The van der Waals surface area contributed by atoms with Gasteiger partial charge in [-0.05, 0) is 60.5 Å². The standard InChI is InChI=1S/C27H26N2O3S/c1-4-18-32-22-16-10-19(11-17-22)24-25(33-23-8-6-5-7-9-23)27(31)29(26(24)30)21-14-12-20(13-15-21)28(2)3/h5-17H,4,18H2,1-3H3. The Morgan fingerprint density at radius 3 is 2.12 bits per heavy atom. The lowest BCUT2D eigenvalue weighted by molar-refractivity contribution is -0.119. The highest BCUT2D eigenvalue weighted by molar-refractivity contribution is 8.04. The maximum Gasteiger partial charge on any atom is 0.272 e. The Morgan fingerprint density at radius 1 is 0.848 bits per heavy atom. The number of hydrogen-bond donors (Lipinski definition) is 0. The summed E-state index contributed by atoms with van der Waals surface area (Å²) in [5, 5.41) is 0. The Hall–Kier alpha value is -3.51. The summed E-state index contributed by atoms with van der Waals surface area (Å²) in [7, 11) is 3.90. The monoisotopic (exact) mass is 458 g/mol. The normalized spacial score (nSPS) is 13.6. The summed E-state index contributed by atoms with van der Waals surface area (Å²) in [6.07, 6.45) is 0.916. The van der Waals surface area contributed by atoms with E-state index < -0.39 is 0 Å². The van der Waals surface area contributed by atoms with E-state index in [9.17, 15) is 9.59 Å². The summed E-state index contributed by atoms with van der Waals surface area (Å²) < 4.78 is 5.68. The summed E-state index contributed by atoms with van der Waals surface area (Å²) in [4.78, 5) is 31.7. The first-order valence-corrected chi connectivity index (χ1v) is 11.7. The molecule has 2 amide bonds. The van der Waals surface area contributed by atoms with Gasteiger partial charge in [-0.2, -0.15) is 0 Å². The van der Waals surface area contributed by atoms with Crippen molar-refractivity contribution in [2.24, 2.45) is 0 Å². The van der Waals surface area contributed by atoms with Crippen LogP contribution in [-0.2, 0) is 9.59 Å². The number of imide groups is 1. The van der Waals surface area contributed by atoms with Crippen molar-refractivity contribution < 1.29 is 14.3 Å². The van der Waals surface area contributed by atoms with Crippen LogP contribution in [0.5, 0.6) is 5.75 Å². The minimum atomic E-state index is -0.321. The van der Waals surface area contributed by atoms with Crippen molar-refractivity contribution >= 4 is 40.5 Å². The maximum absolute atomic E-state index is 13.6. The molecule has 0 fully saturated rings. The second-order valence-corrected chi connectivity index (χ2v) is 8.93. The summed E-state index contributed by atoms with van der Waals surface area (Å²) in [5.41, 5.74) is 2.66. The van der Waals surface area contributed by atoms with E-state index in [0.29, 0.717) is 28.3 Å². The molecule has 0 spiro atoms. The van der Waals surface area contributed by atoms with E-state index in [1.165, 1.54) is 16.7 Å².